The molecule has 6 nitrogen and oxygen atoms in total. The lowest BCUT2D eigenvalue weighted by Gasteiger charge is -2.28. The van der Waals surface area contributed by atoms with E-state index in [1.165, 1.54) is 4.90 Å². The quantitative estimate of drug-likeness (QED) is 0.130. The average molecular weight is 419 g/mol. The molecule has 2 aliphatic rings. The van der Waals surface area contributed by atoms with E-state index in [4.69, 9.17) is 4.74 Å². The van der Waals surface area contributed by atoms with Crippen molar-refractivity contribution >= 4 is 66.8 Å². The second-order valence-corrected chi connectivity index (χ2v) is 8.17. The molecule has 0 unspecified atom stereocenters. The Balaban J connectivity index is 1.76. The van der Waals surface area contributed by atoms with Crippen LogP contribution in [-0.2, 0) is 4.74 Å². The number of nitrogens with zero attached hydrogens (tertiary/aromatic N) is 1. The van der Waals surface area contributed by atoms with Crippen molar-refractivity contribution in [2.75, 3.05) is 6.54 Å². The Morgan fingerprint density at radius 1 is 0.562 bits per heavy atom. The van der Waals surface area contributed by atoms with Crippen molar-refractivity contribution in [3.8, 4) is 0 Å². The highest BCUT2D eigenvalue weighted by atomic mass is 16.6. The summed E-state index contributed by atoms with van der Waals surface area (Å²) in [4.78, 5) is 52.1. The lowest BCUT2D eigenvalue weighted by atomic mass is 9.83. The Kier molecular flexibility index (Phi) is 2.97. The number of ether oxygens (including phenoxy) is 1. The molecule has 0 atom stereocenters. The normalized spacial score (nSPS) is 15.6. The Morgan fingerprint density at radius 2 is 0.938 bits per heavy atom. The smallest absolute Gasteiger partial charge is 0.346 e. The minimum atomic E-state index is -0.655. The molecule has 2 heterocycles. The fourth-order valence-electron chi connectivity index (χ4n) is 5.45. The van der Waals surface area contributed by atoms with E-state index in [0.717, 1.165) is 32.3 Å². The van der Waals surface area contributed by atoms with Crippen LogP contribution < -0.4 is 0 Å². The van der Waals surface area contributed by atoms with Crippen LogP contribution >= 0.6 is 0 Å². The van der Waals surface area contributed by atoms with Crippen molar-refractivity contribution in [2.24, 2.45) is 0 Å². The van der Waals surface area contributed by atoms with E-state index in [9.17, 15) is 19.2 Å². The van der Waals surface area contributed by atoms with E-state index in [1.807, 2.05) is 24.3 Å². The predicted octanol–water partition coefficient (Wildman–Crippen LogP) is 4.66. The second-order valence-electron chi connectivity index (χ2n) is 8.17. The molecule has 5 aromatic carbocycles. The van der Waals surface area contributed by atoms with Crippen LogP contribution in [0, 0.1) is 0 Å². The number of rotatable bonds is 1. The number of carbonyl (C=O) groups is 4. The van der Waals surface area contributed by atoms with Crippen molar-refractivity contribution in [1.29, 1.82) is 0 Å². The van der Waals surface area contributed by atoms with Gasteiger partial charge in [0.1, 0.15) is 0 Å². The number of imide groups is 1. The number of hydrogen-bond donors (Lipinski definition) is 0. The van der Waals surface area contributed by atoms with Crippen molar-refractivity contribution in [3.63, 3.8) is 0 Å². The lowest BCUT2D eigenvalue weighted by molar-refractivity contribution is 0.0390. The number of esters is 2. The molecule has 0 bridgehead atoms. The maximum atomic E-state index is 13.0. The third kappa shape index (κ3) is 1.78. The zero-order valence-corrected chi connectivity index (χ0v) is 16.8. The van der Waals surface area contributed by atoms with Crippen molar-refractivity contribution < 1.29 is 23.9 Å². The molecule has 6 heteroatoms. The summed E-state index contributed by atoms with van der Waals surface area (Å²) >= 11 is 0. The maximum Gasteiger partial charge on any atom is 0.346 e. The molecule has 5 aromatic rings. The van der Waals surface area contributed by atoms with Crippen LogP contribution in [0.4, 0.5) is 0 Å². The first-order valence-corrected chi connectivity index (χ1v) is 10.3. The van der Waals surface area contributed by atoms with Gasteiger partial charge in [-0.3, -0.25) is 14.5 Å². The molecule has 0 N–H and O–H groups in total. The van der Waals surface area contributed by atoms with E-state index in [0.29, 0.717) is 39.6 Å². The third-order valence-electron chi connectivity index (χ3n) is 6.79. The van der Waals surface area contributed by atoms with Crippen LogP contribution in [0.5, 0.6) is 0 Å². The number of cyclic esters (lactones) is 2. The molecular weight excluding hydrogens is 406 g/mol. The number of fused-ring (bicyclic) bond motifs is 2. The zero-order chi connectivity index (χ0) is 21.9. The van der Waals surface area contributed by atoms with E-state index < -0.39 is 11.9 Å². The van der Waals surface area contributed by atoms with Crippen molar-refractivity contribution in [3.05, 3.63) is 70.8 Å². The van der Waals surface area contributed by atoms with Crippen LogP contribution in [-0.4, -0.2) is 35.2 Å². The van der Waals surface area contributed by atoms with Crippen LogP contribution in [0.15, 0.2) is 48.5 Å². The summed E-state index contributed by atoms with van der Waals surface area (Å²) in [7, 11) is 0. The Labute approximate surface area is 180 Å². The van der Waals surface area contributed by atoms with Crippen molar-refractivity contribution in [2.45, 2.75) is 6.92 Å². The molecule has 0 radical (unpaired) electrons. The third-order valence-corrected chi connectivity index (χ3v) is 6.79. The molecule has 0 aromatic heterocycles. The monoisotopic (exact) mass is 419 g/mol. The molecule has 0 fully saturated rings. The average Bonchev–Trinajstić information content (AvgIpc) is 2.80. The highest BCUT2D eigenvalue weighted by Gasteiger charge is 2.34. The molecule has 152 valence electrons. The van der Waals surface area contributed by atoms with Gasteiger partial charge >= 0.3 is 11.9 Å². The molecule has 32 heavy (non-hydrogen) atoms. The Hall–Kier alpha value is -4.32. The highest BCUT2D eigenvalue weighted by Crippen LogP contribution is 2.45. The first-order valence-electron chi connectivity index (χ1n) is 10.3. The van der Waals surface area contributed by atoms with Crippen LogP contribution in [0.3, 0.4) is 0 Å². The summed E-state index contributed by atoms with van der Waals surface area (Å²) in [6.07, 6.45) is 0. The van der Waals surface area contributed by atoms with E-state index >= 15 is 0 Å². The second kappa shape index (κ2) is 5.48. The fraction of sp³-hybridized carbons (Fsp3) is 0.0769. The Morgan fingerprint density at radius 3 is 1.34 bits per heavy atom. The molecule has 2 amide bonds. The number of benzene rings is 5. The number of hydrogen-bond acceptors (Lipinski definition) is 5. The van der Waals surface area contributed by atoms with Gasteiger partial charge in [0.05, 0.1) is 11.1 Å². The van der Waals surface area contributed by atoms with E-state index in [-0.39, 0.29) is 11.8 Å². The van der Waals surface area contributed by atoms with Gasteiger partial charge in [0.25, 0.3) is 11.8 Å². The standard InChI is InChI=1S/C26H13NO5/c1-2-27-23(28)15-7-3-11-13-5-9-17-22-18(26(31)32-25(17)30)10-6-14(20(13)22)12-4-8-16(24(27)29)21(15)19(11)12/h3-10H,2H2,1H3. The predicted molar refractivity (Wildman–Crippen MR) is 118 cm³/mol. The van der Waals surface area contributed by atoms with Gasteiger partial charge in [-0.2, -0.15) is 0 Å². The molecule has 2 aliphatic heterocycles. The molecule has 0 saturated heterocycles. The van der Waals surface area contributed by atoms with Gasteiger partial charge < -0.3 is 4.74 Å². The fourth-order valence-corrected chi connectivity index (χ4v) is 5.45. The zero-order valence-electron chi connectivity index (χ0n) is 16.8. The Bertz CT molecular complexity index is 1650. The van der Waals surface area contributed by atoms with Gasteiger partial charge in [0.15, 0.2) is 0 Å². The van der Waals surface area contributed by atoms with Crippen LogP contribution in [0.2, 0.25) is 0 Å². The maximum absolute atomic E-state index is 13.0. The minimum Gasteiger partial charge on any atom is -0.386 e. The summed E-state index contributed by atoms with van der Waals surface area (Å²) in [5.41, 5.74) is 1.74. The molecule has 7 rings (SSSR count). The van der Waals surface area contributed by atoms with Gasteiger partial charge in [0.2, 0.25) is 0 Å². The van der Waals surface area contributed by atoms with Gasteiger partial charge in [-0.1, -0.05) is 24.3 Å². The lowest BCUT2D eigenvalue weighted by Crippen LogP contribution is -2.40. The van der Waals surface area contributed by atoms with Gasteiger partial charge in [-0.15, -0.1) is 0 Å². The summed E-state index contributed by atoms with van der Waals surface area (Å²) in [6.45, 7) is 2.09. The summed E-state index contributed by atoms with van der Waals surface area (Å²) < 4.78 is 4.90. The largest absolute Gasteiger partial charge is 0.386 e. The first kappa shape index (κ1) is 17.4. The van der Waals surface area contributed by atoms with E-state index in [2.05, 4.69) is 0 Å². The SMILES string of the molecule is CCN1C(=O)c2ccc3c4ccc5c6c(ccc(c7ccc(c2c37)C1=O)c64)C(=O)OC5=O. The molecular formula is C26H13NO5. The van der Waals surface area contributed by atoms with Gasteiger partial charge in [-0.25, -0.2) is 9.59 Å². The van der Waals surface area contributed by atoms with E-state index in [1.54, 1.807) is 31.2 Å². The first-order chi connectivity index (χ1) is 15.5. The summed E-state index contributed by atoms with van der Waals surface area (Å²) in [5, 5.41) is 6.36. The van der Waals surface area contributed by atoms with Gasteiger partial charge in [-0.05, 0) is 63.5 Å². The van der Waals surface area contributed by atoms with Crippen molar-refractivity contribution in [1.82, 2.24) is 4.90 Å². The van der Waals surface area contributed by atoms with Gasteiger partial charge in [0, 0.05) is 28.4 Å². The topological polar surface area (TPSA) is 80.8 Å². The van der Waals surface area contributed by atoms with Crippen LogP contribution in [0.1, 0.15) is 48.4 Å². The number of carbonyl (C=O) groups excluding carboxylic acids is 4. The summed E-state index contributed by atoms with van der Waals surface area (Å²) in [5.74, 6) is -1.90. The molecule has 0 saturated carbocycles. The molecule has 0 aliphatic carbocycles. The molecule has 0 spiro atoms. The highest BCUT2D eigenvalue weighted by molar-refractivity contribution is 6.40. The minimum absolute atomic E-state index is 0.293. The summed E-state index contributed by atoms with van der Waals surface area (Å²) in [6, 6.07) is 14.4. The van der Waals surface area contributed by atoms with Crippen LogP contribution in [0.25, 0.3) is 43.1 Å². The number of amides is 2.